The van der Waals surface area contributed by atoms with Gasteiger partial charge < -0.3 is 5.73 Å². The highest BCUT2D eigenvalue weighted by Gasteiger charge is 2.16. The van der Waals surface area contributed by atoms with Gasteiger partial charge in [-0.3, -0.25) is 0 Å². The van der Waals surface area contributed by atoms with Crippen LogP contribution in [0.2, 0.25) is 0 Å². The molecule has 16 heavy (non-hydrogen) atoms. The van der Waals surface area contributed by atoms with Gasteiger partial charge in [0.1, 0.15) is 0 Å². The van der Waals surface area contributed by atoms with E-state index in [4.69, 9.17) is 5.73 Å². The lowest BCUT2D eigenvalue weighted by Crippen LogP contribution is -2.25. The molecule has 1 nitrogen and oxygen atoms in total. The molecular formula is C14H29NS. The van der Waals surface area contributed by atoms with Crippen molar-refractivity contribution in [3.63, 3.8) is 0 Å². The van der Waals surface area contributed by atoms with Crippen LogP contribution >= 0.6 is 11.8 Å². The molecule has 96 valence electrons. The average Bonchev–Trinajstić information content (AvgIpc) is 2.30. The lowest BCUT2D eigenvalue weighted by molar-refractivity contribution is 0.387. The van der Waals surface area contributed by atoms with Gasteiger partial charge in [-0.05, 0) is 43.1 Å². The Morgan fingerprint density at radius 3 is 2.50 bits per heavy atom. The van der Waals surface area contributed by atoms with Crippen molar-refractivity contribution in [1.29, 1.82) is 0 Å². The van der Waals surface area contributed by atoms with Crippen molar-refractivity contribution >= 4 is 11.8 Å². The fraction of sp³-hybridized carbons (Fsp3) is 1.00. The minimum Gasteiger partial charge on any atom is -0.328 e. The molecule has 1 aliphatic heterocycles. The Morgan fingerprint density at radius 2 is 1.81 bits per heavy atom. The summed E-state index contributed by atoms with van der Waals surface area (Å²) in [6, 6.07) is 0.481. The van der Waals surface area contributed by atoms with Crippen LogP contribution in [0.5, 0.6) is 0 Å². The topological polar surface area (TPSA) is 26.0 Å². The van der Waals surface area contributed by atoms with E-state index >= 15 is 0 Å². The SMILES string of the molecule is CCCCCCCC(N)CC1CCSCC1. The molecule has 0 aromatic carbocycles. The van der Waals surface area contributed by atoms with Crippen LogP contribution in [-0.4, -0.2) is 17.5 Å². The van der Waals surface area contributed by atoms with Gasteiger partial charge in [0.05, 0.1) is 0 Å². The Labute approximate surface area is 106 Å². The van der Waals surface area contributed by atoms with E-state index in [1.807, 2.05) is 0 Å². The second kappa shape index (κ2) is 9.35. The molecule has 0 radical (unpaired) electrons. The minimum atomic E-state index is 0.481. The molecule has 1 unspecified atom stereocenters. The van der Waals surface area contributed by atoms with E-state index in [-0.39, 0.29) is 0 Å². The Morgan fingerprint density at radius 1 is 1.12 bits per heavy atom. The van der Waals surface area contributed by atoms with Crippen LogP contribution in [0.3, 0.4) is 0 Å². The van der Waals surface area contributed by atoms with Crippen molar-refractivity contribution in [3.05, 3.63) is 0 Å². The molecule has 2 N–H and O–H groups in total. The Hall–Kier alpha value is 0.310. The van der Waals surface area contributed by atoms with Crippen LogP contribution in [0.4, 0.5) is 0 Å². The van der Waals surface area contributed by atoms with Gasteiger partial charge in [-0.25, -0.2) is 0 Å². The van der Waals surface area contributed by atoms with Crippen molar-refractivity contribution in [1.82, 2.24) is 0 Å². The maximum absolute atomic E-state index is 6.21. The van der Waals surface area contributed by atoms with E-state index in [2.05, 4.69) is 18.7 Å². The molecule has 0 aromatic heterocycles. The third-order valence-electron chi connectivity index (χ3n) is 3.66. The number of hydrogen-bond acceptors (Lipinski definition) is 2. The van der Waals surface area contributed by atoms with E-state index in [0.717, 1.165) is 5.92 Å². The highest BCUT2D eigenvalue weighted by atomic mass is 32.2. The summed E-state index contributed by atoms with van der Waals surface area (Å²) in [7, 11) is 0. The predicted octanol–water partition coefficient (Wildman–Crippen LogP) is 4.21. The summed E-state index contributed by atoms with van der Waals surface area (Å²) < 4.78 is 0. The maximum Gasteiger partial charge on any atom is 0.00414 e. The van der Waals surface area contributed by atoms with Gasteiger partial charge in [-0.2, -0.15) is 11.8 Å². The fourth-order valence-electron chi connectivity index (χ4n) is 2.54. The summed E-state index contributed by atoms with van der Waals surface area (Å²) in [5.41, 5.74) is 6.21. The van der Waals surface area contributed by atoms with Gasteiger partial charge in [0.25, 0.3) is 0 Å². The van der Waals surface area contributed by atoms with Crippen LogP contribution in [0.25, 0.3) is 0 Å². The second-order valence-electron chi connectivity index (χ2n) is 5.25. The zero-order valence-electron chi connectivity index (χ0n) is 10.9. The van der Waals surface area contributed by atoms with Gasteiger partial charge >= 0.3 is 0 Å². The Balaban J connectivity index is 1.95. The van der Waals surface area contributed by atoms with Crippen molar-refractivity contribution < 1.29 is 0 Å². The highest BCUT2D eigenvalue weighted by Crippen LogP contribution is 2.26. The van der Waals surface area contributed by atoms with Gasteiger partial charge in [0.2, 0.25) is 0 Å². The molecule has 1 heterocycles. The van der Waals surface area contributed by atoms with Crippen molar-refractivity contribution in [2.24, 2.45) is 11.7 Å². The third kappa shape index (κ3) is 6.80. The standard InChI is InChI=1S/C14H29NS/c1-2-3-4-5-6-7-14(15)12-13-8-10-16-11-9-13/h13-14H,2-12,15H2,1H3. The molecule has 0 aliphatic carbocycles. The molecule has 0 bridgehead atoms. The summed E-state index contributed by atoms with van der Waals surface area (Å²) >= 11 is 2.11. The first-order valence-electron chi connectivity index (χ1n) is 7.16. The molecule has 1 rings (SSSR count). The first kappa shape index (κ1) is 14.4. The summed E-state index contributed by atoms with van der Waals surface area (Å²) in [5.74, 6) is 3.67. The van der Waals surface area contributed by atoms with Crippen molar-refractivity contribution in [2.75, 3.05) is 11.5 Å². The molecule has 0 spiro atoms. The number of unbranched alkanes of at least 4 members (excludes halogenated alkanes) is 4. The van der Waals surface area contributed by atoms with Crippen LogP contribution < -0.4 is 5.73 Å². The van der Waals surface area contributed by atoms with E-state index < -0.39 is 0 Å². The molecular weight excluding hydrogens is 214 g/mol. The van der Waals surface area contributed by atoms with Crippen LogP contribution in [-0.2, 0) is 0 Å². The second-order valence-corrected chi connectivity index (χ2v) is 6.48. The number of rotatable bonds is 8. The number of thioether (sulfide) groups is 1. The molecule has 0 amide bonds. The largest absolute Gasteiger partial charge is 0.328 e. The van der Waals surface area contributed by atoms with Crippen molar-refractivity contribution in [2.45, 2.75) is 70.8 Å². The fourth-order valence-corrected chi connectivity index (χ4v) is 3.74. The lowest BCUT2D eigenvalue weighted by atomic mass is 9.92. The molecule has 0 saturated carbocycles. The smallest absolute Gasteiger partial charge is 0.00414 e. The van der Waals surface area contributed by atoms with Crippen molar-refractivity contribution in [3.8, 4) is 0 Å². The van der Waals surface area contributed by atoms with Crippen LogP contribution in [0, 0.1) is 5.92 Å². The first-order valence-corrected chi connectivity index (χ1v) is 8.31. The van der Waals surface area contributed by atoms with Gasteiger partial charge in [-0.15, -0.1) is 0 Å². The third-order valence-corrected chi connectivity index (χ3v) is 4.70. The summed E-state index contributed by atoms with van der Waals surface area (Å²) in [5, 5.41) is 0. The number of nitrogens with two attached hydrogens (primary N) is 1. The Bertz CT molecular complexity index is 155. The van der Waals surface area contributed by atoms with Crippen LogP contribution in [0.15, 0.2) is 0 Å². The average molecular weight is 243 g/mol. The zero-order chi connectivity index (χ0) is 11.6. The summed E-state index contributed by atoms with van der Waals surface area (Å²) in [6.07, 6.45) is 12.2. The Kier molecular flexibility index (Phi) is 8.40. The van der Waals surface area contributed by atoms with Gasteiger partial charge in [0.15, 0.2) is 0 Å². The minimum absolute atomic E-state index is 0.481. The summed E-state index contributed by atoms with van der Waals surface area (Å²) in [6.45, 7) is 2.27. The molecule has 1 aliphatic rings. The van der Waals surface area contributed by atoms with E-state index in [1.165, 1.54) is 69.3 Å². The molecule has 1 atom stereocenters. The monoisotopic (exact) mass is 243 g/mol. The molecule has 0 aromatic rings. The lowest BCUT2D eigenvalue weighted by Gasteiger charge is -2.24. The number of hydrogen-bond donors (Lipinski definition) is 1. The normalized spacial score (nSPS) is 19.9. The predicted molar refractivity (Wildman–Crippen MR) is 76.0 cm³/mol. The molecule has 1 saturated heterocycles. The molecule has 2 heteroatoms. The molecule has 1 fully saturated rings. The van der Waals surface area contributed by atoms with E-state index in [1.54, 1.807) is 0 Å². The van der Waals surface area contributed by atoms with Gasteiger partial charge in [0, 0.05) is 6.04 Å². The maximum atomic E-state index is 6.21. The quantitative estimate of drug-likeness (QED) is 0.646. The van der Waals surface area contributed by atoms with E-state index in [0.29, 0.717) is 6.04 Å². The van der Waals surface area contributed by atoms with Crippen LogP contribution in [0.1, 0.15) is 64.7 Å². The van der Waals surface area contributed by atoms with Gasteiger partial charge in [-0.1, -0.05) is 39.0 Å². The zero-order valence-corrected chi connectivity index (χ0v) is 11.7. The first-order chi connectivity index (χ1) is 7.83. The summed E-state index contributed by atoms with van der Waals surface area (Å²) in [4.78, 5) is 0. The van der Waals surface area contributed by atoms with E-state index in [9.17, 15) is 0 Å². The highest BCUT2D eigenvalue weighted by molar-refractivity contribution is 7.99.